The van der Waals surface area contributed by atoms with Gasteiger partial charge in [-0.2, -0.15) is 0 Å². The normalized spacial score (nSPS) is 15.5. The fourth-order valence-corrected chi connectivity index (χ4v) is 4.97. The quantitative estimate of drug-likeness (QED) is 0.284. The molecule has 2 aliphatic heterocycles. The third kappa shape index (κ3) is 4.25. The zero-order chi connectivity index (χ0) is 27.1. The van der Waals surface area contributed by atoms with Crippen molar-refractivity contribution in [2.75, 3.05) is 20.0 Å². The van der Waals surface area contributed by atoms with Gasteiger partial charge in [0.15, 0.2) is 28.4 Å². The molecule has 8 nitrogen and oxygen atoms in total. The zero-order valence-corrected chi connectivity index (χ0v) is 21.1. The van der Waals surface area contributed by atoms with Crippen LogP contribution < -0.4 is 24.4 Å². The Morgan fingerprint density at radius 1 is 1.03 bits per heavy atom. The van der Waals surface area contributed by atoms with Crippen LogP contribution in [0.4, 0.5) is 4.39 Å². The standard InChI is InChI=1S/C30H24FNO7/c1-3-11-36-22-9-6-18(13-25(22)35-4-2)27-26-28(33)20-14-19(31)7-10-21(20)39-29(26)30(34)32(27)15-17-5-8-23-24(12-17)38-16-37-23/h3,5-10,12-14,27H,1,4,11,15-16H2,2H3/t27-/m1/s1. The van der Waals surface area contributed by atoms with Crippen molar-refractivity contribution < 1.29 is 32.5 Å². The van der Waals surface area contributed by atoms with Crippen molar-refractivity contribution in [3.63, 3.8) is 0 Å². The summed E-state index contributed by atoms with van der Waals surface area (Å²) in [6.07, 6.45) is 1.62. The molecular formula is C30H24FNO7. The summed E-state index contributed by atoms with van der Waals surface area (Å²) in [6, 6.07) is 13.5. The number of amides is 1. The SMILES string of the molecule is C=CCOc1ccc([C@@H]2c3c(oc4ccc(F)cc4c3=O)C(=O)N2Cc2ccc3c(c2)OCO3)cc1OCC. The van der Waals surface area contributed by atoms with Crippen LogP contribution in [0.1, 0.15) is 40.2 Å². The Balaban J connectivity index is 1.51. The molecule has 2 aliphatic rings. The van der Waals surface area contributed by atoms with Crippen LogP contribution in [-0.2, 0) is 6.54 Å². The molecule has 0 bridgehead atoms. The van der Waals surface area contributed by atoms with E-state index < -0.39 is 23.2 Å². The molecule has 3 heterocycles. The Hall–Kier alpha value is -4.79. The van der Waals surface area contributed by atoms with E-state index in [4.69, 9.17) is 23.4 Å². The molecule has 3 aromatic carbocycles. The van der Waals surface area contributed by atoms with Gasteiger partial charge in [0.25, 0.3) is 5.91 Å². The highest BCUT2D eigenvalue weighted by Gasteiger charge is 2.43. The van der Waals surface area contributed by atoms with Crippen molar-refractivity contribution in [1.29, 1.82) is 0 Å². The average Bonchev–Trinajstić information content (AvgIpc) is 3.51. The highest BCUT2D eigenvalue weighted by atomic mass is 19.1. The Kier molecular flexibility index (Phi) is 6.18. The predicted molar refractivity (Wildman–Crippen MR) is 140 cm³/mol. The molecule has 0 radical (unpaired) electrons. The molecule has 0 unspecified atom stereocenters. The van der Waals surface area contributed by atoms with Gasteiger partial charge in [0, 0.05) is 6.54 Å². The van der Waals surface area contributed by atoms with Crippen molar-refractivity contribution in [2.24, 2.45) is 0 Å². The largest absolute Gasteiger partial charge is 0.490 e. The third-order valence-electron chi connectivity index (χ3n) is 6.66. The maximum Gasteiger partial charge on any atom is 0.291 e. The van der Waals surface area contributed by atoms with Crippen LogP contribution in [0.3, 0.4) is 0 Å². The van der Waals surface area contributed by atoms with Gasteiger partial charge in [0.1, 0.15) is 18.0 Å². The minimum atomic E-state index is -0.825. The predicted octanol–water partition coefficient (Wildman–Crippen LogP) is 5.37. The molecule has 0 saturated heterocycles. The molecular weight excluding hydrogens is 505 g/mol. The summed E-state index contributed by atoms with van der Waals surface area (Å²) in [5.41, 5.74) is 1.19. The molecule has 1 aromatic heterocycles. The van der Waals surface area contributed by atoms with Gasteiger partial charge in [0.05, 0.1) is 23.6 Å². The highest BCUT2D eigenvalue weighted by Crippen LogP contribution is 2.42. The van der Waals surface area contributed by atoms with Gasteiger partial charge >= 0.3 is 0 Å². The molecule has 9 heteroatoms. The van der Waals surface area contributed by atoms with Crippen LogP contribution >= 0.6 is 0 Å². The number of fused-ring (bicyclic) bond motifs is 3. The summed E-state index contributed by atoms with van der Waals surface area (Å²) in [6.45, 7) is 6.45. The second kappa shape index (κ2) is 9.83. The molecule has 0 N–H and O–H groups in total. The monoisotopic (exact) mass is 529 g/mol. The molecule has 0 spiro atoms. The first-order valence-corrected chi connectivity index (χ1v) is 12.4. The fourth-order valence-electron chi connectivity index (χ4n) is 4.97. The van der Waals surface area contributed by atoms with Crippen molar-refractivity contribution in [2.45, 2.75) is 19.5 Å². The molecule has 1 amide bonds. The molecule has 0 saturated carbocycles. The van der Waals surface area contributed by atoms with Gasteiger partial charge in [-0.3, -0.25) is 9.59 Å². The van der Waals surface area contributed by atoms with Crippen LogP contribution in [0.5, 0.6) is 23.0 Å². The minimum Gasteiger partial charge on any atom is -0.490 e. The van der Waals surface area contributed by atoms with Gasteiger partial charge in [0.2, 0.25) is 12.6 Å². The summed E-state index contributed by atoms with van der Waals surface area (Å²) in [7, 11) is 0. The summed E-state index contributed by atoms with van der Waals surface area (Å²) >= 11 is 0. The Bertz CT molecular complexity index is 1680. The lowest BCUT2D eigenvalue weighted by molar-refractivity contribution is 0.0714. The highest BCUT2D eigenvalue weighted by molar-refractivity contribution is 5.99. The Labute approximate surface area is 222 Å². The maximum absolute atomic E-state index is 14.1. The minimum absolute atomic E-state index is 0.0625. The van der Waals surface area contributed by atoms with E-state index in [2.05, 4.69) is 6.58 Å². The first kappa shape index (κ1) is 24.5. The number of carbonyl (C=O) groups is 1. The Morgan fingerprint density at radius 2 is 1.87 bits per heavy atom. The first-order chi connectivity index (χ1) is 19.0. The molecule has 0 aliphatic carbocycles. The van der Waals surface area contributed by atoms with E-state index in [-0.39, 0.29) is 42.2 Å². The van der Waals surface area contributed by atoms with Crippen LogP contribution in [0, 0.1) is 5.82 Å². The average molecular weight is 530 g/mol. The Morgan fingerprint density at radius 3 is 2.69 bits per heavy atom. The lowest BCUT2D eigenvalue weighted by atomic mass is 9.97. The first-order valence-electron chi connectivity index (χ1n) is 12.4. The number of ether oxygens (including phenoxy) is 4. The number of hydrogen-bond acceptors (Lipinski definition) is 7. The van der Waals surface area contributed by atoms with E-state index in [9.17, 15) is 14.0 Å². The van der Waals surface area contributed by atoms with E-state index in [0.717, 1.165) is 11.6 Å². The van der Waals surface area contributed by atoms with Crippen molar-refractivity contribution in [1.82, 2.24) is 4.90 Å². The van der Waals surface area contributed by atoms with Crippen molar-refractivity contribution in [3.8, 4) is 23.0 Å². The summed E-state index contributed by atoms with van der Waals surface area (Å²) in [4.78, 5) is 29.1. The summed E-state index contributed by atoms with van der Waals surface area (Å²) in [5, 5.41) is 0.0625. The lowest BCUT2D eigenvalue weighted by Crippen LogP contribution is -2.29. The number of carbonyl (C=O) groups excluding carboxylic acids is 1. The second-order valence-electron chi connectivity index (χ2n) is 9.08. The molecule has 198 valence electrons. The van der Waals surface area contributed by atoms with Crippen molar-refractivity contribution >= 4 is 16.9 Å². The lowest BCUT2D eigenvalue weighted by Gasteiger charge is -2.26. The van der Waals surface area contributed by atoms with E-state index >= 15 is 0 Å². The molecule has 6 rings (SSSR count). The van der Waals surface area contributed by atoms with Crippen molar-refractivity contribution in [3.05, 3.63) is 106 Å². The van der Waals surface area contributed by atoms with Gasteiger partial charge in [-0.15, -0.1) is 0 Å². The maximum atomic E-state index is 14.1. The fraction of sp³-hybridized carbons (Fsp3) is 0.200. The summed E-state index contributed by atoms with van der Waals surface area (Å²) < 4.78 is 42.5. The van der Waals surface area contributed by atoms with Crippen LogP contribution in [0.25, 0.3) is 11.0 Å². The second-order valence-corrected chi connectivity index (χ2v) is 9.08. The molecule has 39 heavy (non-hydrogen) atoms. The van der Waals surface area contributed by atoms with Gasteiger partial charge < -0.3 is 28.3 Å². The van der Waals surface area contributed by atoms with Gasteiger partial charge in [-0.25, -0.2) is 4.39 Å². The van der Waals surface area contributed by atoms with E-state index in [1.807, 2.05) is 13.0 Å². The van der Waals surface area contributed by atoms with E-state index in [0.29, 0.717) is 35.2 Å². The number of halogens is 1. The molecule has 4 aromatic rings. The van der Waals surface area contributed by atoms with Gasteiger partial charge in [-0.05, 0) is 60.5 Å². The van der Waals surface area contributed by atoms with E-state index in [1.165, 1.54) is 12.1 Å². The number of rotatable bonds is 8. The third-order valence-corrected chi connectivity index (χ3v) is 6.66. The molecule has 0 fully saturated rings. The van der Waals surface area contributed by atoms with Crippen LogP contribution in [-0.4, -0.2) is 30.8 Å². The zero-order valence-electron chi connectivity index (χ0n) is 21.1. The molecule has 1 atom stereocenters. The topological polar surface area (TPSA) is 87.4 Å². The summed E-state index contributed by atoms with van der Waals surface area (Å²) in [5.74, 6) is 1.04. The van der Waals surface area contributed by atoms with E-state index in [1.54, 1.807) is 41.3 Å². The number of hydrogen-bond donors (Lipinski definition) is 0. The van der Waals surface area contributed by atoms with Crippen LogP contribution in [0.2, 0.25) is 0 Å². The smallest absolute Gasteiger partial charge is 0.291 e. The number of benzene rings is 3. The van der Waals surface area contributed by atoms with Gasteiger partial charge in [-0.1, -0.05) is 24.8 Å². The van der Waals surface area contributed by atoms with Crippen LogP contribution in [0.15, 0.2) is 76.5 Å². The number of nitrogens with zero attached hydrogens (tertiary/aromatic N) is 1.